The van der Waals surface area contributed by atoms with Crippen molar-refractivity contribution in [3.8, 4) is 0 Å². The number of rotatable bonds is 6. The third-order valence-corrected chi connectivity index (χ3v) is 2.72. The first kappa shape index (κ1) is 14.5. The Labute approximate surface area is 107 Å². The standard InChI is InChI=1S/C11H17N3O3S/c1-18(16,17)14-10-6-3-2-5-9(10)11(15)13-8-4-7-12/h2-3,5-6,14H,4,7-8,12H2,1H3,(H,13,15). The minimum absolute atomic E-state index is 0.269. The predicted octanol–water partition coefficient (Wildman–Crippen LogP) is 0.137. The average molecular weight is 271 g/mol. The summed E-state index contributed by atoms with van der Waals surface area (Å²) in [5, 5.41) is 2.67. The highest BCUT2D eigenvalue weighted by molar-refractivity contribution is 7.92. The number of sulfonamides is 1. The molecule has 7 heteroatoms. The zero-order valence-corrected chi connectivity index (χ0v) is 11.0. The van der Waals surface area contributed by atoms with Crippen molar-refractivity contribution in [1.82, 2.24) is 5.32 Å². The molecule has 1 rings (SSSR count). The predicted molar refractivity (Wildman–Crippen MR) is 70.9 cm³/mol. The minimum atomic E-state index is -3.41. The van der Waals surface area contributed by atoms with E-state index in [1.807, 2.05) is 0 Å². The van der Waals surface area contributed by atoms with Gasteiger partial charge in [0.15, 0.2) is 0 Å². The summed E-state index contributed by atoms with van der Waals surface area (Å²) in [7, 11) is -3.41. The highest BCUT2D eigenvalue weighted by Crippen LogP contribution is 2.15. The van der Waals surface area contributed by atoms with E-state index in [-0.39, 0.29) is 11.6 Å². The van der Waals surface area contributed by atoms with E-state index in [1.54, 1.807) is 24.3 Å². The molecule has 1 amide bonds. The number of anilines is 1. The molecule has 0 saturated carbocycles. The molecular weight excluding hydrogens is 254 g/mol. The molecule has 0 heterocycles. The number of hydrogen-bond donors (Lipinski definition) is 3. The number of nitrogens with two attached hydrogens (primary N) is 1. The highest BCUT2D eigenvalue weighted by atomic mass is 32.2. The normalized spacial score (nSPS) is 11.0. The van der Waals surface area contributed by atoms with Crippen molar-refractivity contribution in [2.24, 2.45) is 5.73 Å². The summed E-state index contributed by atoms with van der Waals surface area (Å²) in [5.41, 5.74) is 5.88. The summed E-state index contributed by atoms with van der Waals surface area (Å²) in [6.45, 7) is 0.950. The number of benzene rings is 1. The van der Waals surface area contributed by atoms with E-state index < -0.39 is 10.0 Å². The van der Waals surface area contributed by atoms with Crippen molar-refractivity contribution >= 4 is 21.6 Å². The summed E-state index contributed by atoms with van der Waals surface area (Å²) in [4.78, 5) is 11.8. The molecule has 100 valence electrons. The van der Waals surface area contributed by atoms with Gasteiger partial charge in [0.25, 0.3) is 5.91 Å². The van der Waals surface area contributed by atoms with Crippen molar-refractivity contribution in [1.29, 1.82) is 0 Å². The molecule has 4 N–H and O–H groups in total. The van der Waals surface area contributed by atoms with Crippen molar-refractivity contribution in [2.45, 2.75) is 6.42 Å². The molecule has 0 aliphatic carbocycles. The van der Waals surface area contributed by atoms with E-state index in [4.69, 9.17) is 5.73 Å². The molecule has 0 aliphatic heterocycles. The number of carbonyl (C=O) groups excluding carboxylic acids is 1. The summed E-state index contributed by atoms with van der Waals surface area (Å²) < 4.78 is 24.7. The lowest BCUT2D eigenvalue weighted by atomic mass is 10.1. The van der Waals surface area contributed by atoms with Gasteiger partial charge in [0.1, 0.15) is 0 Å². The molecule has 0 bridgehead atoms. The molecule has 1 aromatic carbocycles. The third-order valence-electron chi connectivity index (χ3n) is 2.13. The van der Waals surface area contributed by atoms with Crippen LogP contribution in [-0.2, 0) is 10.0 Å². The number of amides is 1. The largest absolute Gasteiger partial charge is 0.352 e. The highest BCUT2D eigenvalue weighted by Gasteiger charge is 2.12. The van der Waals surface area contributed by atoms with Crippen LogP contribution in [0.4, 0.5) is 5.69 Å². The van der Waals surface area contributed by atoms with Crippen LogP contribution in [0.2, 0.25) is 0 Å². The van der Waals surface area contributed by atoms with Gasteiger partial charge in [-0.05, 0) is 25.1 Å². The van der Waals surface area contributed by atoms with E-state index in [0.29, 0.717) is 25.1 Å². The molecule has 0 spiro atoms. The first-order valence-electron chi connectivity index (χ1n) is 5.49. The lowest BCUT2D eigenvalue weighted by Crippen LogP contribution is -2.27. The Morgan fingerprint density at radius 1 is 1.33 bits per heavy atom. The molecule has 6 nitrogen and oxygen atoms in total. The maximum Gasteiger partial charge on any atom is 0.253 e. The van der Waals surface area contributed by atoms with E-state index in [1.165, 1.54) is 0 Å². The molecule has 0 radical (unpaired) electrons. The Bertz CT molecular complexity index is 514. The van der Waals surface area contributed by atoms with Gasteiger partial charge < -0.3 is 11.1 Å². The molecular formula is C11H17N3O3S. The van der Waals surface area contributed by atoms with Crippen LogP contribution in [-0.4, -0.2) is 33.7 Å². The second-order valence-corrected chi connectivity index (χ2v) is 5.57. The SMILES string of the molecule is CS(=O)(=O)Nc1ccccc1C(=O)NCCCN. The molecule has 0 fully saturated rings. The fraction of sp³-hybridized carbons (Fsp3) is 0.364. The van der Waals surface area contributed by atoms with Crippen LogP contribution in [0, 0.1) is 0 Å². The summed E-state index contributed by atoms with van der Waals surface area (Å²) in [5.74, 6) is -0.324. The average Bonchev–Trinajstić information content (AvgIpc) is 2.27. The first-order chi connectivity index (χ1) is 8.44. The maximum atomic E-state index is 11.8. The number of hydrogen-bond acceptors (Lipinski definition) is 4. The van der Waals surface area contributed by atoms with Crippen LogP contribution in [0.15, 0.2) is 24.3 Å². The molecule has 0 atom stereocenters. The van der Waals surface area contributed by atoms with E-state index >= 15 is 0 Å². The zero-order valence-electron chi connectivity index (χ0n) is 10.1. The van der Waals surface area contributed by atoms with Gasteiger partial charge in [0.2, 0.25) is 10.0 Å². The first-order valence-corrected chi connectivity index (χ1v) is 7.38. The maximum absolute atomic E-state index is 11.8. The van der Waals surface area contributed by atoms with Gasteiger partial charge in [0.05, 0.1) is 17.5 Å². The number of para-hydroxylation sites is 1. The summed E-state index contributed by atoms with van der Waals surface area (Å²) in [6, 6.07) is 6.43. The number of carbonyl (C=O) groups is 1. The van der Waals surface area contributed by atoms with Gasteiger partial charge in [-0.1, -0.05) is 12.1 Å². The van der Waals surface area contributed by atoms with Gasteiger partial charge in [-0.3, -0.25) is 9.52 Å². The Morgan fingerprint density at radius 3 is 2.61 bits per heavy atom. The van der Waals surface area contributed by atoms with Crippen LogP contribution in [0.1, 0.15) is 16.8 Å². The molecule has 0 aliphatic rings. The van der Waals surface area contributed by atoms with Crippen molar-refractivity contribution in [3.05, 3.63) is 29.8 Å². The Kier molecular flexibility index (Phi) is 5.11. The Balaban J connectivity index is 2.84. The van der Waals surface area contributed by atoms with Crippen molar-refractivity contribution in [3.63, 3.8) is 0 Å². The zero-order chi connectivity index (χ0) is 13.6. The quantitative estimate of drug-likeness (QED) is 0.640. The summed E-state index contributed by atoms with van der Waals surface area (Å²) in [6.07, 6.45) is 1.71. The van der Waals surface area contributed by atoms with Gasteiger partial charge in [-0.15, -0.1) is 0 Å². The van der Waals surface area contributed by atoms with E-state index in [2.05, 4.69) is 10.0 Å². The fourth-order valence-electron chi connectivity index (χ4n) is 1.37. The Hall–Kier alpha value is -1.60. The third kappa shape index (κ3) is 4.72. The topological polar surface area (TPSA) is 101 Å². The van der Waals surface area contributed by atoms with E-state index in [9.17, 15) is 13.2 Å². The van der Waals surface area contributed by atoms with Crippen LogP contribution in [0.3, 0.4) is 0 Å². The van der Waals surface area contributed by atoms with E-state index in [0.717, 1.165) is 6.26 Å². The van der Waals surface area contributed by atoms with Crippen LogP contribution in [0.5, 0.6) is 0 Å². The minimum Gasteiger partial charge on any atom is -0.352 e. The molecule has 0 aromatic heterocycles. The fourth-order valence-corrected chi connectivity index (χ4v) is 1.95. The second-order valence-electron chi connectivity index (χ2n) is 3.82. The lowest BCUT2D eigenvalue weighted by molar-refractivity contribution is 0.0954. The Morgan fingerprint density at radius 2 is 2.00 bits per heavy atom. The van der Waals surface area contributed by atoms with Crippen molar-refractivity contribution in [2.75, 3.05) is 24.1 Å². The van der Waals surface area contributed by atoms with Gasteiger partial charge in [0, 0.05) is 6.54 Å². The molecule has 0 unspecified atom stereocenters. The summed E-state index contributed by atoms with van der Waals surface area (Å²) >= 11 is 0. The van der Waals surface area contributed by atoms with Gasteiger partial charge in [-0.2, -0.15) is 0 Å². The monoisotopic (exact) mass is 271 g/mol. The van der Waals surface area contributed by atoms with Crippen LogP contribution >= 0.6 is 0 Å². The second kappa shape index (κ2) is 6.36. The van der Waals surface area contributed by atoms with Crippen LogP contribution in [0.25, 0.3) is 0 Å². The number of nitrogens with one attached hydrogen (secondary N) is 2. The lowest BCUT2D eigenvalue weighted by Gasteiger charge is -2.10. The van der Waals surface area contributed by atoms with Gasteiger partial charge in [-0.25, -0.2) is 8.42 Å². The smallest absolute Gasteiger partial charge is 0.253 e. The molecule has 18 heavy (non-hydrogen) atoms. The van der Waals surface area contributed by atoms with Crippen LogP contribution < -0.4 is 15.8 Å². The van der Waals surface area contributed by atoms with Crippen molar-refractivity contribution < 1.29 is 13.2 Å². The molecule has 1 aromatic rings. The van der Waals surface area contributed by atoms with Gasteiger partial charge >= 0.3 is 0 Å². The molecule has 0 saturated heterocycles.